The van der Waals surface area contributed by atoms with Crippen LogP contribution in [0.1, 0.15) is 180 Å². The molecule has 0 rings (SSSR count). The van der Waals surface area contributed by atoms with Crippen molar-refractivity contribution in [3.63, 3.8) is 0 Å². The third-order valence-corrected chi connectivity index (χ3v) is 8.51. The topological polar surface area (TPSA) is 77.8 Å². The van der Waals surface area contributed by atoms with Crippen molar-refractivity contribution in [2.24, 2.45) is 0 Å². The molecule has 0 saturated carbocycles. The highest BCUT2D eigenvalue weighted by molar-refractivity contribution is 5.86. The van der Waals surface area contributed by atoms with E-state index in [1.807, 2.05) is 18.2 Å². The lowest BCUT2D eigenvalue weighted by Gasteiger charge is -2.03. The number of aliphatic hydroxyl groups is 2. The molecule has 0 aliphatic heterocycles. The number of carboxylic acids is 1. The normalized spacial score (nSPS) is 12.3. The van der Waals surface area contributed by atoms with Crippen LogP contribution in [-0.2, 0) is 4.79 Å². The summed E-state index contributed by atoms with van der Waals surface area (Å²) in [6.07, 6.45) is 53.3. The number of aliphatic carboxylic acids is 1. The van der Waals surface area contributed by atoms with Gasteiger partial charge in [-0.05, 0) is 89.2 Å². The summed E-state index contributed by atoms with van der Waals surface area (Å²) in [7, 11) is 0. The molecule has 4 nitrogen and oxygen atoms in total. The smallest absolute Gasteiger partial charge is 0.381 e. The highest BCUT2D eigenvalue weighted by Crippen LogP contribution is 2.14. The van der Waals surface area contributed by atoms with Crippen LogP contribution in [0.15, 0.2) is 48.6 Å². The minimum absolute atomic E-state index is 0.709. The standard InChI is InChI=1S/C47H70O4/c1-2-45(48)41-37-33-29-27-28-31-35-39-43-46(49)42-38-34-30-25-23-21-19-17-15-13-11-9-7-5-3-4-6-8-10-12-14-16-18-20-22-24-26-32-36-40-44-47(50)51/h1,7,9,19,21,30,34,37,41,45-46,48-49H,3-6,8,10-18,20,22-29,31-33,35-36H2,(H,50,51)/b9-7-,21-19-,34-30+,41-37+/t45-,46-/m1/s1. The van der Waals surface area contributed by atoms with E-state index in [-0.39, 0.29) is 0 Å². The Kier molecular flexibility index (Phi) is 38.3. The van der Waals surface area contributed by atoms with Gasteiger partial charge in [0.15, 0.2) is 6.10 Å². The summed E-state index contributed by atoms with van der Waals surface area (Å²) in [6, 6.07) is 0. The quantitative estimate of drug-likeness (QED) is 0.0383. The number of terminal acetylenes is 1. The maximum absolute atomic E-state index is 10.3. The molecule has 0 amide bonds. The van der Waals surface area contributed by atoms with E-state index in [1.165, 1.54) is 109 Å². The number of carboxylic acid groups (broad SMARTS) is 1. The van der Waals surface area contributed by atoms with E-state index in [9.17, 15) is 15.0 Å². The zero-order chi connectivity index (χ0) is 37.1. The average Bonchev–Trinajstić information content (AvgIpc) is 3.12. The molecule has 51 heavy (non-hydrogen) atoms. The molecule has 0 spiro atoms. The summed E-state index contributed by atoms with van der Waals surface area (Å²) < 4.78 is 0. The summed E-state index contributed by atoms with van der Waals surface area (Å²) in [5.41, 5.74) is 0. The molecule has 0 unspecified atom stereocenters. The van der Waals surface area contributed by atoms with Crippen molar-refractivity contribution in [2.45, 2.75) is 192 Å². The molecule has 0 aliphatic carbocycles. The molecule has 0 aromatic heterocycles. The molecule has 0 aromatic rings. The van der Waals surface area contributed by atoms with Crippen LogP contribution in [0.5, 0.6) is 0 Å². The van der Waals surface area contributed by atoms with Gasteiger partial charge in [0.05, 0.1) is 0 Å². The maximum atomic E-state index is 10.3. The summed E-state index contributed by atoms with van der Waals surface area (Å²) in [6.45, 7) is 0. The van der Waals surface area contributed by atoms with Crippen LogP contribution in [0.25, 0.3) is 0 Å². The lowest BCUT2D eigenvalue weighted by Crippen LogP contribution is -1.97. The lowest BCUT2D eigenvalue weighted by atomic mass is 10.0. The number of unbranched alkanes of at least 4 members (excludes halogenated alkanes) is 24. The Balaban J connectivity index is 3.45. The van der Waals surface area contributed by atoms with Crippen molar-refractivity contribution < 1.29 is 20.1 Å². The van der Waals surface area contributed by atoms with Crippen molar-refractivity contribution in [1.82, 2.24) is 0 Å². The number of allylic oxidation sites excluding steroid dienone is 7. The number of rotatable bonds is 31. The molecule has 0 radical (unpaired) electrons. The fraction of sp³-hybridized carbons (Fsp3) is 0.638. The maximum Gasteiger partial charge on any atom is 0.381 e. The lowest BCUT2D eigenvalue weighted by molar-refractivity contribution is -0.130. The van der Waals surface area contributed by atoms with Gasteiger partial charge in [-0.25, -0.2) is 4.79 Å². The van der Waals surface area contributed by atoms with E-state index in [2.05, 4.69) is 65.7 Å². The predicted molar refractivity (Wildman–Crippen MR) is 218 cm³/mol. The van der Waals surface area contributed by atoms with Crippen LogP contribution in [0.4, 0.5) is 0 Å². The van der Waals surface area contributed by atoms with Gasteiger partial charge < -0.3 is 15.3 Å². The molecule has 0 bridgehead atoms. The van der Waals surface area contributed by atoms with Gasteiger partial charge >= 0.3 is 5.97 Å². The molecule has 0 heterocycles. The van der Waals surface area contributed by atoms with E-state index in [4.69, 9.17) is 11.5 Å². The third kappa shape index (κ3) is 42.7. The van der Waals surface area contributed by atoms with E-state index in [1.54, 1.807) is 6.08 Å². The van der Waals surface area contributed by atoms with Crippen LogP contribution in [0, 0.1) is 47.9 Å². The van der Waals surface area contributed by atoms with Gasteiger partial charge in [-0.3, -0.25) is 0 Å². The second-order valence-corrected chi connectivity index (χ2v) is 13.3. The van der Waals surface area contributed by atoms with E-state index >= 15 is 0 Å². The summed E-state index contributed by atoms with van der Waals surface area (Å²) >= 11 is 0. The van der Waals surface area contributed by atoms with Crippen LogP contribution in [0.2, 0.25) is 0 Å². The van der Waals surface area contributed by atoms with Crippen LogP contribution in [-0.4, -0.2) is 33.5 Å². The number of hydrogen-bond donors (Lipinski definition) is 3. The number of carbonyl (C=O) groups is 1. The van der Waals surface area contributed by atoms with Gasteiger partial charge in [-0.2, -0.15) is 0 Å². The average molecular weight is 699 g/mol. The summed E-state index contributed by atoms with van der Waals surface area (Å²) in [5.74, 6) is 17.6. The van der Waals surface area contributed by atoms with Gasteiger partial charge in [0, 0.05) is 18.8 Å². The molecule has 4 heteroatoms. The molecule has 2 atom stereocenters. The summed E-state index contributed by atoms with van der Waals surface area (Å²) in [4.78, 5) is 10.3. The number of aliphatic hydroxyl groups excluding tert-OH is 2. The van der Waals surface area contributed by atoms with Gasteiger partial charge in [0.25, 0.3) is 0 Å². The monoisotopic (exact) mass is 699 g/mol. The van der Waals surface area contributed by atoms with Crippen LogP contribution < -0.4 is 0 Å². The first-order valence-corrected chi connectivity index (χ1v) is 20.2. The molecular weight excluding hydrogens is 629 g/mol. The van der Waals surface area contributed by atoms with Crippen molar-refractivity contribution >= 4 is 5.97 Å². The van der Waals surface area contributed by atoms with E-state index < -0.39 is 18.2 Å². The minimum atomic E-state index is -1.02. The minimum Gasteiger partial charge on any atom is -0.472 e. The van der Waals surface area contributed by atoms with Crippen LogP contribution >= 0.6 is 0 Å². The van der Waals surface area contributed by atoms with Crippen molar-refractivity contribution in [1.29, 1.82) is 0 Å². The Bertz CT molecular complexity index is 1160. The summed E-state index contributed by atoms with van der Waals surface area (Å²) in [5, 5.41) is 27.6. The molecule has 282 valence electrons. The van der Waals surface area contributed by atoms with Gasteiger partial charge in [0.2, 0.25) is 0 Å². The second kappa shape index (κ2) is 41.0. The molecule has 0 aromatic carbocycles. The fourth-order valence-corrected chi connectivity index (χ4v) is 5.51. The Morgan fingerprint density at radius 3 is 1.43 bits per heavy atom. The van der Waals surface area contributed by atoms with Crippen molar-refractivity contribution in [2.75, 3.05) is 0 Å². The Labute approximate surface area is 313 Å². The highest BCUT2D eigenvalue weighted by atomic mass is 16.4. The third-order valence-electron chi connectivity index (χ3n) is 8.51. The first-order chi connectivity index (χ1) is 25.1. The SMILES string of the molecule is C#C[C@@H](O)/C=C/CCCCCCC#C[C@H](O)C#C/C=C/CC/C=C\CCCC/C=C\CCCCCCCCCCCCCCCCC#CC(=O)O. The largest absolute Gasteiger partial charge is 0.472 e. The van der Waals surface area contributed by atoms with Crippen molar-refractivity contribution in [3.05, 3.63) is 48.6 Å². The van der Waals surface area contributed by atoms with Crippen molar-refractivity contribution in [3.8, 4) is 47.9 Å². The van der Waals surface area contributed by atoms with Gasteiger partial charge in [0.1, 0.15) is 6.10 Å². The van der Waals surface area contributed by atoms with E-state index in [0.717, 1.165) is 64.2 Å². The first-order valence-electron chi connectivity index (χ1n) is 20.2. The molecule has 0 fully saturated rings. The molecule has 3 N–H and O–H groups in total. The Morgan fingerprint density at radius 2 is 0.922 bits per heavy atom. The highest BCUT2D eigenvalue weighted by Gasteiger charge is 1.95. The zero-order valence-electron chi connectivity index (χ0n) is 31.9. The fourth-order valence-electron chi connectivity index (χ4n) is 5.51. The number of hydrogen-bond acceptors (Lipinski definition) is 3. The first kappa shape index (κ1) is 47.6. The molecular formula is C47H70O4. The molecule has 0 saturated heterocycles. The second-order valence-electron chi connectivity index (χ2n) is 13.3. The van der Waals surface area contributed by atoms with E-state index in [0.29, 0.717) is 6.42 Å². The molecule has 0 aliphatic rings. The predicted octanol–water partition coefficient (Wildman–Crippen LogP) is 11.6. The van der Waals surface area contributed by atoms with Gasteiger partial charge in [-0.15, -0.1) is 6.42 Å². The van der Waals surface area contributed by atoms with Crippen LogP contribution in [0.3, 0.4) is 0 Å². The Hall–Kier alpha value is -3.41. The zero-order valence-corrected chi connectivity index (χ0v) is 31.9. The Morgan fingerprint density at radius 1 is 0.510 bits per heavy atom. The van der Waals surface area contributed by atoms with Gasteiger partial charge in [-0.1, -0.05) is 162 Å².